The van der Waals surface area contributed by atoms with Crippen LogP contribution in [-0.2, 0) is 14.3 Å². The maximum atomic E-state index is 12.4. The molecule has 7 heteroatoms. The molecule has 0 spiro atoms. The van der Waals surface area contributed by atoms with E-state index < -0.39 is 17.1 Å². The highest BCUT2D eigenvalue weighted by atomic mass is 32.2. The zero-order chi connectivity index (χ0) is 20.0. The quantitative estimate of drug-likeness (QED) is 0.487. The summed E-state index contributed by atoms with van der Waals surface area (Å²) >= 11 is 0.821. The normalized spacial score (nSPS) is 17.9. The lowest BCUT2D eigenvalue weighted by Gasteiger charge is -2.14. The number of carbonyl (C=O) groups excluding carboxylic acids is 3. The van der Waals surface area contributed by atoms with Crippen LogP contribution in [0.1, 0.15) is 46.1 Å². The Balaban J connectivity index is 2.03. The number of carbonyl (C=O) groups is 3. The second-order valence-electron chi connectivity index (χ2n) is 6.38. The molecule has 0 aromatic heterocycles. The summed E-state index contributed by atoms with van der Waals surface area (Å²) in [7, 11) is 0. The number of ether oxygens (including phenoxy) is 2. The molecule has 1 aliphatic heterocycles. The van der Waals surface area contributed by atoms with Crippen molar-refractivity contribution < 1.29 is 23.9 Å². The van der Waals surface area contributed by atoms with E-state index in [-0.39, 0.29) is 23.7 Å². The van der Waals surface area contributed by atoms with E-state index in [4.69, 9.17) is 9.47 Å². The van der Waals surface area contributed by atoms with E-state index in [9.17, 15) is 14.4 Å². The molecule has 27 heavy (non-hydrogen) atoms. The van der Waals surface area contributed by atoms with Gasteiger partial charge < -0.3 is 9.47 Å². The lowest BCUT2D eigenvalue weighted by atomic mass is 10.2. The molecule has 1 heterocycles. The summed E-state index contributed by atoms with van der Waals surface area (Å²) in [6, 6.07) is 7.29. The predicted molar refractivity (Wildman–Crippen MR) is 105 cm³/mol. The van der Waals surface area contributed by atoms with Crippen LogP contribution in [0, 0.1) is 0 Å². The molecule has 1 aromatic rings. The van der Waals surface area contributed by atoms with E-state index in [0.717, 1.165) is 34.4 Å². The van der Waals surface area contributed by atoms with Crippen LogP contribution in [0.25, 0.3) is 6.08 Å². The molecule has 2 amide bonds. The lowest BCUT2D eigenvalue weighted by molar-refractivity contribution is -0.150. The van der Waals surface area contributed by atoms with Gasteiger partial charge in [0.1, 0.15) is 12.3 Å². The molecule has 1 aliphatic rings. The fourth-order valence-corrected chi connectivity index (χ4v) is 3.06. The number of nitrogens with zero attached hydrogens (tertiary/aromatic N) is 1. The fraction of sp³-hybridized carbons (Fsp3) is 0.450. The number of imide groups is 1. The zero-order valence-electron chi connectivity index (χ0n) is 16.1. The van der Waals surface area contributed by atoms with Crippen LogP contribution in [0.2, 0.25) is 0 Å². The number of rotatable bonds is 8. The van der Waals surface area contributed by atoms with Crippen molar-refractivity contribution in [2.75, 3.05) is 6.54 Å². The molecule has 1 saturated heterocycles. The molecular formula is C20H25NO5S. The standard InChI is InChI=1S/C20H25NO5S/c1-5-13(3)25-16-9-7-15(8-10-16)11-17-19(23)21(20(24)27-17)12-18(22)26-14(4)6-2/h7-11,13-14H,5-6,12H2,1-4H3/b17-11-/t13-,14+/m0/s1. The van der Waals surface area contributed by atoms with Crippen molar-refractivity contribution in [3.05, 3.63) is 34.7 Å². The van der Waals surface area contributed by atoms with Gasteiger partial charge in [-0.15, -0.1) is 0 Å². The van der Waals surface area contributed by atoms with E-state index in [1.54, 1.807) is 13.0 Å². The van der Waals surface area contributed by atoms with Gasteiger partial charge in [-0.2, -0.15) is 0 Å². The minimum atomic E-state index is -0.584. The minimum absolute atomic E-state index is 0.127. The van der Waals surface area contributed by atoms with Gasteiger partial charge in [0.2, 0.25) is 0 Å². The molecular weight excluding hydrogens is 366 g/mol. The summed E-state index contributed by atoms with van der Waals surface area (Å²) in [5.41, 5.74) is 0.777. The SMILES string of the molecule is CC[C@@H](C)OC(=O)CN1C(=O)S/C(=C\c2ccc(O[C@@H](C)CC)cc2)C1=O. The monoisotopic (exact) mass is 391 g/mol. The second kappa shape index (κ2) is 9.60. The Labute approximate surface area is 163 Å². The van der Waals surface area contributed by atoms with Crippen LogP contribution in [0.3, 0.4) is 0 Å². The maximum absolute atomic E-state index is 12.4. The van der Waals surface area contributed by atoms with E-state index in [1.165, 1.54) is 0 Å². The third-order valence-corrected chi connectivity index (χ3v) is 5.07. The van der Waals surface area contributed by atoms with Gasteiger partial charge in [0.15, 0.2) is 0 Å². The van der Waals surface area contributed by atoms with Crippen molar-refractivity contribution in [2.45, 2.75) is 52.7 Å². The predicted octanol–water partition coefficient (Wildman–Crippen LogP) is 4.24. The van der Waals surface area contributed by atoms with Gasteiger partial charge in [-0.3, -0.25) is 19.3 Å². The topological polar surface area (TPSA) is 72.9 Å². The summed E-state index contributed by atoms with van der Waals surface area (Å²) in [5, 5.41) is -0.468. The van der Waals surface area contributed by atoms with Gasteiger partial charge in [0.05, 0.1) is 17.1 Å². The van der Waals surface area contributed by atoms with Gasteiger partial charge in [-0.25, -0.2) is 0 Å². The molecule has 0 aliphatic carbocycles. The molecule has 0 bridgehead atoms. The van der Waals surface area contributed by atoms with E-state index in [2.05, 4.69) is 0 Å². The van der Waals surface area contributed by atoms with Crippen molar-refractivity contribution in [2.24, 2.45) is 0 Å². The lowest BCUT2D eigenvalue weighted by Crippen LogP contribution is -2.35. The number of thioether (sulfide) groups is 1. The average molecular weight is 391 g/mol. The number of benzene rings is 1. The van der Waals surface area contributed by atoms with Gasteiger partial charge in [-0.05, 0) is 62.2 Å². The molecule has 2 rings (SSSR count). The van der Waals surface area contributed by atoms with Gasteiger partial charge in [0, 0.05) is 0 Å². The Hall–Kier alpha value is -2.28. The third-order valence-electron chi connectivity index (χ3n) is 4.16. The molecule has 0 unspecified atom stereocenters. The first-order valence-corrected chi connectivity index (χ1v) is 9.87. The number of amides is 2. The molecule has 2 atom stereocenters. The molecule has 1 fully saturated rings. The molecule has 6 nitrogen and oxygen atoms in total. The summed E-state index contributed by atoms with van der Waals surface area (Å²) in [6.45, 7) is 7.33. The fourth-order valence-electron chi connectivity index (χ4n) is 2.22. The van der Waals surface area contributed by atoms with Crippen molar-refractivity contribution in [3.63, 3.8) is 0 Å². The maximum Gasteiger partial charge on any atom is 0.326 e. The van der Waals surface area contributed by atoms with Crippen LogP contribution in [0.4, 0.5) is 4.79 Å². The highest BCUT2D eigenvalue weighted by molar-refractivity contribution is 8.18. The van der Waals surface area contributed by atoms with Crippen molar-refractivity contribution in [1.82, 2.24) is 4.90 Å². The Morgan fingerprint density at radius 2 is 1.74 bits per heavy atom. The van der Waals surface area contributed by atoms with E-state index in [1.807, 2.05) is 45.0 Å². The molecule has 1 aromatic carbocycles. The van der Waals surface area contributed by atoms with E-state index in [0.29, 0.717) is 6.42 Å². The highest BCUT2D eigenvalue weighted by Gasteiger charge is 2.36. The van der Waals surface area contributed by atoms with Crippen LogP contribution < -0.4 is 4.74 Å². The number of hydrogen-bond acceptors (Lipinski definition) is 6. The Bertz CT molecular complexity index is 728. The first kappa shape index (κ1) is 21.0. The van der Waals surface area contributed by atoms with Crippen LogP contribution in [0.5, 0.6) is 5.75 Å². The summed E-state index contributed by atoms with van der Waals surface area (Å²) in [6.07, 6.45) is 3.10. The van der Waals surface area contributed by atoms with Crippen LogP contribution in [0.15, 0.2) is 29.2 Å². The molecule has 146 valence electrons. The average Bonchev–Trinajstić information content (AvgIpc) is 2.90. The molecule has 0 N–H and O–H groups in total. The first-order chi connectivity index (χ1) is 12.8. The third kappa shape index (κ3) is 5.85. The minimum Gasteiger partial charge on any atom is -0.491 e. The Kier molecular flexibility index (Phi) is 7.47. The Morgan fingerprint density at radius 3 is 2.33 bits per heavy atom. The number of esters is 1. The van der Waals surface area contributed by atoms with Crippen molar-refractivity contribution in [1.29, 1.82) is 0 Å². The first-order valence-electron chi connectivity index (χ1n) is 9.05. The Morgan fingerprint density at radius 1 is 1.11 bits per heavy atom. The smallest absolute Gasteiger partial charge is 0.326 e. The number of hydrogen-bond donors (Lipinski definition) is 0. The van der Waals surface area contributed by atoms with Gasteiger partial charge in [-0.1, -0.05) is 26.0 Å². The highest BCUT2D eigenvalue weighted by Crippen LogP contribution is 2.32. The van der Waals surface area contributed by atoms with E-state index >= 15 is 0 Å². The largest absolute Gasteiger partial charge is 0.491 e. The van der Waals surface area contributed by atoms with Crippen LogP contribution in [-0.4, -0.2) is 40.8 Å². The van der Waals surface area contributed by atoms with Crippen molar-refractivity contribution >= 4 is 35.0 Å². The molecule has 0 radical (unpaired) electrons. The summed E-state index contributed by atoms with van der Waals surface area (Å²) in [4.78, 5) is 37.6. The van der Waals surface area contributed by atoms with Crippen molar-refractivity contribution in [3.8, 4) is 5.75 Å². The second-order valence-corrected chi connectivity index (χ2v) is 7.38. The summed E-state index contributed by atoms with van der Waals surface area (Å²) < 4.78 is 10.9. The van der Waals surface area contributed by atoms with Gasteiger partial charge in [0.25, 0.3) is 11.1 Å². The summed E-state index contributed by atoms with van der Waals surface area (Å²) in [5.74, 6) is -0.312. The molecule has 0 saturated carbocycles. The van der Waals surface area contributed by atoms with Crippen LogP contribution >= 0.6 is 11.8 Å². The van der Waals surface area contributed by atoms with Gasteiger partial charge >= 0.3 is 5.97 Å². The zero-order valence-corrected chi connectivity index (χ0v) is 16.9.